The van der Waals surface area contributed by atoms with Crippen molar-refractivity contribution in [3.05, 3.63) is 42.2 Å². The fourth-order valence-electron chi connectivity index (χ4n) is 2.59. The van der Waals surface area contributed by atoms with Crippen molar-refractivity contribution in [2.75, 3.05) is 6.61 Å². The van der Waals surface area contributed by atoms with Crippen molar-refractivity contribution in [3.8, 4) is 11.4 Å². The van der Waals surface area contributed by atoms with Crippen LogP contribution in [-0.2, 0) is 11.3 Å². The second kappa shape index (κ2) is 6.20. The largest absolute Gasteiger partial charge is 0.377 e. The molecule has 4 heteroatoms. The van der Waals surface area contributed by atoms with Gasteiger partial charge in [-0.2, -0.15) is 0 Å². The molecular formula is C16H21N3O. The van der Waals surface area contributed by atoms with Crippen LogP contribution in [0.5, 0.6) is 0 Å². The number of aromatic amines is 1. The first-order chi connectivity index (χ1) is 9.83. The third-order valence-electron chi connectivity index (χ3n) is 3.81. The zero-order valence-electron chi connectivity index (χ0n) is 11.8. The highest BCUT2D eigenvalue weighted by molar-refractivity contribution is 5.54. The van der Waals surface area contributed by atoms with Gasteiger partial charge in [-0.1, -0.05) is 30.3 Å². The number of hydrogen-bond donors (Lipinski definition) is 2. The van der Waals surface area contributed by atoms with E-state index in [9.17, 15) is 0 Å². The number of H-pyrrole nitrogens is 1. The van der Waals surface area contributed by atoms with Crippen LogP contribution in [0.1, 0.15) is 25.5 Å². The molecule has 106 valence electrons. The lowest BCUT2D eigenvalue weighted by molar-refractivity contribution is 0.0831. The SMILES string of the molecule is C[C@@H](NCc1cnc(-c2ccccc2)[nH]1)[C@@H]1CCCO1. The summed E-state index contributed by atoms with van der Waals surface area (Å²) in [6.45, 7) is 3.88. The first-order valence-corrected chi connectivity index (χ1v) is 7.27. The van der Waals surface area contributed by atoms with Crippen LogP contribution in [0, 0.1) is 0 Å². The lowest BCUT2D eigenvalue weighted by atomic mass is 10.1. The number of benzene rings is 1. The number of nitrogens with zero attached hydrogens (tertiary/aromatic N) is 1. The maximum atomic E-state index is 5.69. The zero-order chi connectivity index (χ0) is 13.8. The van der Waals surface area contributed by atoms with Crippen LogP contribution in [0.15, 0.2) is 36.5 Å². The molecule has 0 aliphatic carbocycles. The van der Waals surface area contributed by atoms with E-state index in [0.29, 0.717) is 12.1 Å². The molecule has 0 amide bonds. The Bertz CT molecular complexity index is 532. The Kier molecular flexibility index (Phi) is 4.14. The first-order valence-electron chi connectivity index (χ1n) is 7.27. The van der Waals surface area contributed by atoms with Crippen molar-refractivity contribution >= 4 is 0 Å². The number of hydrogen-bond acceptors (Lipinski definition) is 3. The van der Waals surface area contributed by atoms with Gasteiger partial charge >= 0.3 is 0 Å². The fourth-order valence-corrected chi connectivity index (χ4v) is 2.59. The summed E-state index contributed by atoms with van der Waals surface area (Å²) in [4.78, 5) is 7.80. The summed E-state index contributed by atoms with van der Waals surface area (Å²) in [5.41, 5.74) is 2.22. The average molecular weight is 271 g/mol. The number of ether oxygens (including phenoxy) is 1. The molecular weight excluding hydrogens is 250 g/mol. The summed E-state index contributed by atoms with van der Waals surface area (Å²) in [7, 11) is 0. The van der Waals surface area contributed by atoms with E-state index in [2.05, 4.69) is 34.3 Å². The highest BCUT2D eigenvalue weighted by Gasteiger charge is 2.21. The Morgan fingerprint density at radius 2 is 2.25 bits per heavy atom. The third-order valence-corrected chi connectivity index (χ3v) is 3.81. The number of aromatic nitrogens is 2. The van der Waals surface area contributed by atoms with Gasteiger partial charge in [0.1, 0.15) is 5.82 Å². The van der Waals surface area contributed by atoms with E-state index in [-0.39, 0.29) is 0 Å². The summed E-state index contributed by atoms with van der Waals surface area (Å²) in [5.74, 6) is 0.923. The predicted molar refractivity (Wildman–Crippen MR) is 79.3 cm³/mol. The predicted octanol–water partition coefficient (Wildman–Crippen LogP) is 2.73. The van der Waals surface area contributed by atoms with Crippen LogP contribution in [0.4, 0.5) is 0 Å². The lowest BCUT2D eigenvalue weighted by Crippen LogP contribution is -2.36. The van der Waals surface area contributed by atoms with Gasteiger partial charge in [0.2, 0.25) is 0 Å². The molecule has 1 saturated heterocycles. The van der Waals surface area contributed by atoms with Gasteiger partial charge in [-0.3, -0.25) is 0 Å². The van der Waals surface area contributed by atoms with Gasteiger partial charge in [-0.25, -0.2) is 4.98 Å². The minimum Gasteiger partial charge on any atom is -0.377 e. The second-order valence-corrected chi connectivity index (χ2v) is 5.34. The molecule has 0 saturated carbocycles. The smallest absolute Gasteiger partial charge is 0.137 e. The van der Waals surface area contributed by atoms with Crippen LogP contribution < -0.4 is 5.32 Å². The minimum atomic E-state index is 0.353. The van der Waals surface area contributed by atoms with E-state index in [1.807, 2.05) is 24.4 Å². The Labute approximate surface area is 119 Å². The van der Waals surface area contributed by atoms with E-state index >= 15 is 0 Å². The molecule has 3 rings (SSSR count). The van der Waals surface area contributed by atoms with Crippen molar-refractivity contribution in [1.29, 1.82) is 0 Å². The van der Waals surface area contributed by atoms with Gasteiger partial charge in [-0.15, -0.1) is 0 Å². The lowest BCUT2D eigenvalue weighted by Gasteiger charge is -2.19. The maximum absolute atomic E-state index is 5.69. The Hall–Kier alpha value is -1.65. The molecule has 0 unspecified atom stereocenters. The van der Waals surface area contributed by atoms with Crippen molar-refractivity contribution < 1.29 is 4.74 Å². The standard InChI is InChI=1S/C16H21N3O/c1-12(15-8-5-9-20-15)17-10-14-11-18-16(19-14)13-6-3-2-4-7-13/h2-4,6-7,11-12,15,17H,5,8-10H2,1H3,(H,18,19)/t12-,15+/m1/s1. The number of imidazole rings is 1. The molecule has 0 bridgehead atoms. The molecule has 1 aromatic heterocycles. The Balaban J connectivity index is 1.57. The van der Waals surface area contributed by atoms with E-state index in [1.54, 1.807) is 0 Å². The number of rotatable bonds is 5. The second-order valence-electron chi connectivity index (χ2n) is 5.34. The summed E-state index contributed by atoms with van der Waals surface area (Å²) < 4.78 is 5.69. The van der Waals surface area contributed by atoms with Gasteiger partial charge in [0.25, 0.3) is 0 Å². The van der Waals surface area contributed by atoms with Gasteiger partial charge in [0.05, 0.1) is 6.10 Å². The van der Waals surface area contributed by atoms with E-state index < -0.39 is 0 Å². The summed E-state index contributed by atoms with van der Waals surface area (Å²) >= 11 is 0. The molecule has 2 atom stereocenters. The first kappa shape index (κ1) is 13.3. The summed E-state index contributed by atoms with van der Waals surface area (Å²) in [6.07, 6.45) is 4.59. The molecule has 2 N–H and O–H groups in total. The molecule has 1 fully saturated rings. The highest BCUT2D eigenvalue weighted by atomic mass is 16.5. The van der Waals surface area contributed by atoms with Gasteiger partial charge < -0.3 is 15.0 Å². The molecule has 20 heavy (non-hydrogen) atoms. The van der Waals surface area contributed by atoms with Crippen molar-refractivity contribution in [2.45, 2.75) is 38.5 Å². The van der Waals surface area contributed by atoms with Crippen LogP contribution in [-0.4, -0.2) is 28.7 Å². The van der Waals surface area contributed by atoms with Gasteiger partial charge in [0, 0.05) is 36.6 Å². The monoisotopic (exact) mass is 271 g/mol. The molecule has 2 heterocycles. The molecule has 0 radical (unpaired) electrons. The molecule has 1 aliphatic rings. The molecule has 4 nitrogen and oxygen atoms in total. The molecule has 0 spiro atoms. The topological polar surface area (TPSA) is 49.9 Å². The Morgan fingerprint density at radius 1 is 1.40 bits per heavy atom. The van der Waals surface area contributed by atoms with Gasteiger partial charge in [0.15, 0.2) is 0 Å². The molecule has 2 aromatic rings. The van der Waals surface area contributed by atoms with Crippen molar-refractivity contribution in [2.24, 2.45) is 0 Å². The zero-order valence-corrected chi connectivity index (χ0v) is 11.8. The van der Waals surface area contributed by atoms with Crippen molar-refractivity contribution in [3.63, 3.8) is 0 Å². The van der Waals surface area contributed by atoms with Crippen molar-refractivity contribution in [1.82, 2.24) is 15.3 Å². The minimum absolute atomic E-state index is 0.353. The van der Waals surface area contributed by atoms with Crippen LogP contribution >= 0.6 is 0 Å². The van der Waals surface area contributed by atoms with Crippen LogP contribution in [0.3, 0.4) is 0 Å². The van der Waals surface area contributed by atoms with E-state index in [1.165, 1.54) is 6.42 Å². The van der Waals surface area contributed by atoms with E-state index in [4.69, 9.17) is 4.74 Å². The Morgan fingerprint density at radius 3 is 3.00 bits per heavy atom. The van der Waals surface area contributed by atoms with Crippen LogP contribution in [0.25, 0.3) is 11.4 Å². The number of nitrogens with one attached hydrogen (secondary N) is 2. The third kappa shape index (κ3) is 3.08. The highest BCUT2D eigenvalue weighted by Crippen LogP contribution is 2.17. The molecule has 1 aromatic carbocycles. The fraction of sp³-hybridized carbons (Fsp3) is 0.438. The summed E-state index contributed by atoms with van der Waals surface area (Å²) in [6, 6.07) is 10.6. The van der Waals surface area contributed by atoms with Gasteiger partial charge in [-0.05, 0) is 19.8 Å². The maximum Gasteiger partial charge on any atom is 0.137 e. The molecule has 1 aliphatic heterocycles. The van der Waals surface area contributed by atoms with E-state index in [0.717, 1.165) is 36.7 Å². The summed E-state index contributed by atoms with van der Waals surface area (Å²) in [5, 5.41) is 3.51. The quantitative estimate of drug-likeness (QED) is 0.879. The average Bonchev–Trinajstić information content (AvgIpc) is 3.17. The normalized spacial score (nSPS) is 20.1. The van der Waals surface area contributed by atoms with Crippen LogP contribution in [0.2, 0.25) is 0 Å².